The first-order valence-electron chi connectivity index (χ1n) is 6.71. The minimum atomic E-state index is -0.117. The lowest BCUT2D eigenvalue weighted by atomic mass is 10.3. The molecule has 0 unspecified atom stereocenters. The van der Waals surface area contributed by atoms with E-state index < -0.39 is 0 Å². The van der Waals surface area contributed by atoms with E-state index in [4.69, 9.17) is 11.6 Å². The van der Waals surface area contributed by atoms with Crippen molar-refractivity contribution >= 4 is 28.8 Å². The third-order valence-corrected chi connectivity index (χ3v) is 4.22. The zero-order chi connectivity index (χ0) is 15.4. The van der Waals surface area contributed by atoms with Crippen molar-refractivity contribution in [2.75, 3.05) is 6.54 Å². The van der Waals surface area contributed by atoms with Gasteiger partial charge in [-0.25, -0.2) is 0 Å². The molecule has 0 aromatic carbocycles. The van der Waals surface area contributed by atoms with E-state index in [0.29, 0.717) is 22.3 Å². The summed E-state index contributed by atoms with van der Waals surface area (Å²) in [7, 11) is 0. The SMILES string of the molecule is O=C(NCCn1ccc(-c2ccccn2)n1)c1ccc(Cl)s1. The monoisotopic (exact) mass is 332 g/mol. The van der Waals surface area contributed by atoms with Crippen LogP contribution in [0.25, 0.3) is 11.4 Å². The molecule has 3 heterocycles. The van der Waals surface area contributed by atoms with Crippen molar-refractivity contribution in [2.45, 2.75) is 6.54 Å². The maximum atomic E-state index is 11.9. The Kier molecular flexibility index (Phi) is 4.50. The number of carbonyl (C=O) groups is 1. The second-order valence-electron chi connectivity index (χ2n) is 4.54. The van der Waals surface area contributed by atoms with Crippen LogP contribution in [0.3, 0.4) is 0 Å². The van der Waals surface area contributed by atoms with Gasteiger partial charge in [-0.3, -0.25) is 14.5 Å². The Hall–Kier alpha value is -2.18. The fourth-order valence-corrected chi connectivity index (χ4v) is 2.90. The summed E-state index contributed by atoms with van der Waals surface area (Å²) in [5, 5.41) is 7.28. The predicted octanol–water partition coefficient (Wildman–Crippen LogP) is 3.09. The van der Waals surface area contributed by atoms with E-state index >= 15 is 0 Å². The molecule has 0 aliphatic rings. The molecule has 0 aliphatic heterocycles. The third-order valence-electron chi connectivity index (χ3n) is 2.99. The van der Waals surface area contributed by atoms with Crippen molar-refractivity contribution in [1.29, 1.82) is 0 Å². The summed E-state index contributed by atoms with van der Waals surface area (Å²) in [5.74, 6) is -0.117. The molecule has 0 bridgehead atoms. The smallest absolute Gasteiger partial charge is 0.261 e. The topological polar surface area (TPSA) is 59.8 Å². The molecular weight excluding hydrogens is 320 g/mol. The molecule has 3 rings (SSSR count). The lowest BCUT2D eigenvalue weighted by molar-refractivity contribution is 0.0956. The number of rotatable bonds is 5. The van der Waals surface area contributed by atoms with Gasteiger partial charge in [-0.05, 0) is 30.3 Å². The Morgan fingerprint density at radius 3 is 2.86 bits per heavy atom. The van der Waals surface area contributed by atoms with Gasteiger partial charge in [0.05, 0.1) is 21.5 Å². The number of carbonyl (C=O) groups excluding carboxylic acids is 1. The second kappa shape index (κ2) is 6.72. The minimum Gasteiger partial charge on any atom is -0.349 e. The van der Waals surface area contributed by atoms with E-state index in [1.165, 1.54) is 11.3 Å². The van der Waals surface area contributed by atoms with Crippen LogP contribution in [-0.4, -0.2) is 27.2 Å². The second-order valence-corrected chi connectivity index (χ2v) is 6.25. The Morgan fingerprint density at radius 1 is 1.23 bits per heavy atom. The third kappa shape index (κ3) is 3.52. The molecule has 0 fully saturated rings. The average Bonchev–Trinajstić information content (AvgIpc) is 3.17. The Bertz CT molecular complexity index is 769. The largest absolute Gasteiger partial charge is 0.349 e. The van der Waals surface area contributed by atoms with Crippen LogP contribution in [0.2, 0.25) is 4.34 Å². The molecule has 1 amide bonds. The zero-order valence-electron chi connectivity index (χ0n) is 11.6. The number of hydrogen-bond acceptors (Lipinski definition) is 4. The van der Waals surface area contributed by atoms with E-state index in [2.05, 4.69) is 15.4 Å². The zero-order valence-corrected chi connectivity index (χ0v) is 13.1. The number of aromatic nitrogens is 3. The van der Waals surface area contributed by atoms with Crippen LogP contribution < -0.4 is 5.32 Å². The van der Waals surface area contributed by atoms with Crippen molar-refractivity contribution in [2.24, 2.45) is 0 Å². The van der Waals surface area contributed by atoms with Gasteiger partial charge in [0, 0.05) is 18.9 Å². The maximum Gasteiger partial charge on any atom is 0.261 e. The van der Waals surface area contributed by atoms with Crippen LogP contribution in [0.4, 0.5) is 0 Å². The van der Waals surface area contributed by atoms with Crippen molar-refractivity contribution in [3.8, 4) is 11.4 Å². The molecule has 3 aromatic heterocycles. The number of nitrogens with one attached hydrogen (secondary N) is 1. The highest BCUT2D eigenvalue weighted by Gasteiger charge is 2.08. The van der Waals surface area contributed by atoms with E-state index in [9.17, 15) is 4.79 Å². The Morgan fingerprint density at radius 2 is 2.14 bits per heavy atom. The van der Waals surface area contributed by atoms with Crippen LogP contribution in [0, 0.1) is 0 Å². The lowest BCUT2D eigenvalue weighted by Crippen LogP contribution is -2.26. The summed E-state index contributed by atoms with van der Waals surface area (Å²) in [6.07, 6.45) is 3.61. The predicted molar refractivity (Wildman–Crippen MR) is 87.1 cm³/mol. The first-order chi connectivity index (χ1) is 10.7. The van der Waals surface area contributed by atoms with Gasteiger partial charge in [0.25, 0.3) is 5.91 Å². The molecule has 0 radical (unpaired) electrons. The van der Waals surface area contributed by atoms with Crippen LogP contribution >= 0.6 is 22.9 Å². The van der Waals surface area contributed by atoms with Gasteiger partial charge in [0.1, 0.15) is 5.69 Å². The summed E-state index contributed by atoms with van der Waals surface area (Å²) < 4.78 is 2.39. The molecule has 0 spiro atoms. The lowest BCUT2D eigenvalue weighted by Gasteiger charge is -2.04. The molecule has 7 heteroatoms. The maximum absolute atomic E-state index is 11.9. The summed E-state index contributed by atoms with van der Waals surface area (Å²) in [6.45, 7) is 1.09. The highest BCUT2D eigenvalue weighted by Crippen LogP contribution is 2.21. The fourth-order valence-electron chi connectivity index (χ4n) is 1.94. The van der Waals surface area contributed by atoms with E-state index in [1.54, 1.807) is 23.0 Å². The van der Waals surface area contributed by atoms with Crippen LogP contribution in [-0.2, 0) is 6.54 Å². The van der Waals surface area contributed by atoms with Gasteiger partial charge >= 0.3 is 0 Å². The molecule has 0 saturated heterocycles. The molecule has 3 aromatic rings. The van der Waals surface area contributed by atoms with Gasteiger partial charge in [0.2, 0.25) is 0 Å². The molecule has 5 nitrogen and oxygen atoms in total. The van der Waals surface area contributed by atoms with Crippen LogP contribution in [0.5, 0.6) is 0 Å². The van der Waals surface area contributed by atoms with Crippen LogP contribution in [0.15, 0.2) is 48.8 Å². The number of halogens is 1. The van der Waals surface area contributed by atoms with Crippen molar-refractivity contribution in [3.63, 3.8) is 0 Å². The fraction of sp³-hybridized carbons (Fsp3) is 0.133. The molecule has 0 aliphatic carbocycles. The molecule has 0 saturated carbocycles. The summed E-state index contributed by atoms with van der Waals surface area (Å²) >= 11 is 7.08. The normalized spacial score (nSPS) is 10.6. The molecular formula is C15H13ClN4OS. The number of thiophene rings is 1. The number of amides is 1. The van der Waals surface area contributed by atoms with Crippen molar-refractivity contribution < 1.29 is 4.79 Å². The highest BCUT2D eigenvalue weighted by atomic mass is 35.5. The quantitative estimate of drug-likeness (QED) is 0.781. The molecule has 0 atom stereocenters. The van der Waals surface area contributed by atoms with Gasteiger partial charge in [-0.15, -0.1) is 11.3 Å². The number of nitrogens with zero attached hydrogens (tertiary/aromatic N) is 3. The van der Waals surface area contributed by atoms with E-state index in [-0.39, 0.29) is 5.91 Å². The highest BCUT2D eigenvalue weighted by molar-refractivity contribution is 7.17. The van der Waals surface area contributed by atoms with Crippen LogP contribution in [0.1, 0.15) is 9.67 Å². The van der Waals surface area contributed by atoms with Gasteiger partial charge in [-0.2, -0.15) is 5.10 Å². The molecule has 22 heavy (non-hydrogen) atoms. The summed E-state index contributed by atoms with van der Waals surface area (Å²) in [4.78, 5) is 16.7. The number of hydrogen-bond donors (Lipinski definition) is 1. The summed E-state index contributed by atoms with van der Waals surface area (Å²) in [5.41, 5.74) is 1.65. The summed E-state index contributed by atoms with van der Waals surface area (Å²) in [6, 6.07) is 11.0. The Labute approximate surface area is 136 Å². The number of pyridine rings is 1. The Balaban J connectivity index is 1.54. The first-order valence-corrected chi connectivity index (χ1v) is 7.90. The molecule has 1 N–H and O–H groups in total. The van der Waals surface area contributed by atoms with Gasteiger partial charge in [-0.1, -0.05) is 17.7 Å². The van der Waals surface area contributed by atoms with Crippen molar-refractivity contribution in [3.05, 3.63) is 58.0 Å². The molecule has 112 valence electrons. The van der Waals surface area contributed by atoms with Crippen molar-refractivity contribution in [1.82, 2.24) is 20.1 Å². The van der Waals surface area contributed by atoms with Gasteiger partial charge in [0.15, 0.2) is 0 Å². The van der Waals surface area contributed by atoms with E-state index in [0.717, 1.165) is 11.4 Å². The van der Waals surface area contributed by atoms with E-state index in [1.807, 2.05) is 30.5 Å². The average molecular weight is 333 g/mol. The standard InChI is InChI=1S/C15H13ClN4OS/c16-14-5-4-13(22-14)15(21)18-8-10-20-9-6-12(19-20)11-3-1-2-7-17-11/h1-7,9H,8,10H2,(H,18,21). The first kappa shape index (κ1) is 14.7. The minimum absolute atomic E-state index is 0.117. The van der Waals surface area contributed by atoms with Gasteiger partial charge < -0.3 is 5.32 Å².